The number of hydrogen-bond acceptors (Lipinski definition) is 2. The molecule has 0 aliphatic heterocycles. The molecule has 3 nitrogen and oxygen atoms in total. The molecule has 0 radical (unpaired) electrons. The van der Waals surface area contributed by atoms with Crippen LogP contribution in [-0.2, 0) is 6.42 Å². The fourth-order valence-corrected chi connectivity index (χ4v) is 2.66. The largest absolute Gasteiger partial charge is 0.354 e. The lowest BCUT2D eigenvalue weighted by Crippen LogP contribution is -1.86. The van der Waals surface area contributed by atoms with Gasteiger partial charge in [0.15, 0.2) is 6.29 Å². The maximum atomic E-state index is 11.6. The van der Waals surface area contributed by atoms with Gasteiger partial charge in [-0.15, -0.1) is 0 Å². The van der Waals surface area contributed by atoms with Crippen LogP contribution in [0.15, 0.2) is 42.7 Å². The first-order chi connectivity index (χ1) is 10.3. The molecule has 0 spiro atoms. The molecule has 21 heavy (non-hydrogen) atoms. The van der Waals surface area contributed by atoms with E-state index in [1.54, 1.807) is 12.4 Å². The lowest BCUT2D eigenvalue weighted by Gasteiger charge is -2.00. The zero-order valence-corrected chi connectivity index (χ0v) is 12.1. The molecule has 3 heteroatoms. The second-order valence-electron chi connectivity index (χ2n) is 5.25. The summed E-state index contributed by atoms with van der Waals surface area (Å²) >= 11 is 0. The molecule has 0 fully saturated rings. The van der Waals surface area contributed by atoms with E-state index in [0.717, 1.165) is 40.4 Å². The standard InChI is InChI=1S/C18H18N2O/c1-2-3-4-13-5-6-17-15(11-13)16(12-21)18(20-17)14-7-9-19-10-8-14/h5-12,20H,2-4H2,1H3. The molecule has 1 aromatic carbocycles. The minimum absolute atomic E-state index is 0.731. The minimum atomic E-state index is 0.731. The molecule has 0 unspecified atom stereocenters. The van der Waals surface area contributed by atoms with Gasteiger partial charge in [0.2, 0.25) is 0 Å². The van der Waals surface area contributed by atoms with Crippen molar-refractivity contribution in [3.8, 4) is 11.3 Å². The summed E-state index contributed by atoms with van der Waals surface area (Å²) < 4.78 is 0. The highest BCUT2D eigenvalue weighted by Gasteiger charge is 2.12. The number of rotatable bonds is 5. The summed E-state index contributed by atoms with van der Waals surface area (Å²) in [6, 6.07) is 10.2. The van der Waals surface area contributed by atoms with Crippen molar-refractivity contribution >= 4 is 17.2 Å². The normalized spacial score (nSPS) is 10.9. The van der Waals surface area contributed by atoms with Gasteiger partial charge in [0.1, 0.15) is 0 Å². The van der Waals surface area contributed by atoms with Crippen LogP contribution < -0.4 is 0 Å². The third-order valence-electron chi connectivity index (χ3n) is 3.81. The lowest BCUT2D eigenvalue weighted by molar-refractivity contribution is 0.112. The summed E-state index contributed by atoms with van der Waals surface area (Å²) in [4.78, 5) is 18.9. The molecule has 0 amide bonds. The number of nitrogens with zero attached hydrogens (tertiary/aromatic N) is 1. The van der Waals surface area contributed by atoms with E-state index in [4.69, 9.17) is 0 Å². The molecule has 2 heterocycles. The van der Waals surface area contributed by atoms with Gasteiger partial charge in [0.05, 0.1) is 5.69 Å². The molecule has 0 saturated heterocycles. The van der Waals surface area contributed by atoms with Crippen molar-refractivity contribution < 1.29 is 4.79 Å². The van der Waals surface area contributed by atoms with Crippen LogP contribution in [0.5, 0.6) is 0 Å². The minimum Gasteiger partial charge on any atom is -0.354 e. The van der Waals surface area contributed by atoms with Crippen molar-refractivity contribution in [2.75, 3.05) is 0 Å². The topological polar surface area (TPSA) is 45.8 Å². The smallest absolute Gasteiger partial charge is 0.152 e. The number of benzene rings is 1. The van der Waals surface area contributed by atoms with E-state index < -0.39 is 0 Å². The Bertz CT molecular complexity index is 759. The van der Waals surface area contributed by atoms with Crippen LogP contribution in [-0.4, -0.2) is 16.3 Å². The van der Waals surface area contributed by atoms with E-state index >= 15 is 0 Å². The summed E-state index contributed by atoms with van der Waals surface area (Å²) in [6.07, 6.45) is 7.82. The number of H-pyrrole nitrogens is 1. The number of nitrogens with one attached hydrogen (secondary N) is 1. The van der Waals surface area contributed by atoms with Crippen LogP contribution in [0, 0.1) is 0 Å². The Morgan fingerprint density at radius 2 is 2.00 bits per heavy atom. The third-order valence-corrected chi connectivity index (χ3v) is 3.81. The van der Waals surface area contributed by atoms with Crippen LogP contribution in [0.4, 0.5) is 0 Å². The van der Waals surface area contributed by atoms with Crippen molar-refractivity contribution in [3.05, 3.63) is 53.9 Å². The number of fused-ring (bicyclic) bond motifs is 1. The Morgan fingerprint density at radius 1 is 1.19 bits per heavy atom. The predicted molar refractivity (Wildman–Crippen MR) is 85.5 cm³/mol. The third kappa shape index (κ3) is 2.59. The fourth-order valence-electron chi connectivity index (χ4n) is 2.66. The summed E-state index contributed by atoms with van der Waals surface area (Å²) in [6.45, 7) is 2.19. The molecule has 2 aromatic heterocycles. The quantitative estimate of drug-likeness (QED) is 0.704. The van der Waals surface area contributed by atoms with Gasteiger partial charge in [-0.1, -0.05) is 19.4 Å². The second-order valence-corrected chi connectivity index (χ2v) is 5.25. The zero-order valence-electron chi connectivity index (χ0n) is 12.1. The van der Waals surface area contributed by atoms with E-state index in [9.17, 15) is 4.79 Å². The fraction of sp³-hybridized carbons (Fsp3) is 0.222. The maximum absolute atomic E-state index is 11.6. The SMILES string of the molecule is CCCCc1ccc2[nH]c(-c3ccncc3)c(C=O)c2c1. The summed E-state index contributed by atoms with van der Waals surface area (Å²) in [5, 5.41) is 1.01. The van der Waals surface area contributed by atoms with Gasteiger partial charge >= 0.3 is 0 Å². The van der Waals surface area contributed by atoms with Gasteiger partial charge in [0, 0.05) is 34.4 Å². The number of pyridine rings is 1. The van der Waals surface area contributed by atoms with Crippen LogP contribution in [0.3, 0.4) is 0 Å². The van der Waals surface area contributed by atoms with Crippen molar-refractivity contribution in [3.63, 3.8) is 0 Å². The molecule has 3 aromatic rings. The Kier molecular flexibility index (Phi) is 3.82. The van der Waals surface area contributed by atoms with E-state index in [1.165, 1.54) is 18.4 Å². The van der Waals surface area contributed by atoms with Crippen LogP contribution in [0.1, 0.15) is 35.7 Å². The highest BCUT2D eigenvalue weighted by atomic mass is 16.1. The van der Waals surface area contributed by atoms with Crippen molar-refractivity contribution in [2.45, 2.75) is 26.2 Å². The number of aromatic nitrogens is 2. The number of unbranched alkanes of at least 4 members (excludes halogenated alkanes) is 1. The van der Waals surface area contributed by atoms with Gasteiger partial charge < -0.3 is 4.98 Å². The van der Waals surface area contributed by atoms with Crippen LogP contribution in [0.25, 0.3) is 22.2 Å². The molecular formula is C18H18N2O. The number of aromatic amines is 1. The van der Waals surface area contributed by atoms with E-state index in [0.29, 0.717) is 0 Å². The monoisotopic (exact) mass is 278 g/mol. The Hall–Kier alpha value is -2.42. The molecule has 0 saturated carbocycles. The first-order valence-electron chi connectivity index (χ1n) is 7.33. The van der Waals surface area contributed by atoms with E-state index in [1.807, 2.05) is 12.1 Å². The maximum Gasteiger partial charge on any atom is 0.152 e. The van der Waals surface area contributed by atoms with Gasteiger partial charge in [-0.2, -0.15) is 0 Å². The second kappa shape index (κ2) is 5.92. The number of aryl methyl sites for hydroxylation is 1. The Balaban J connectivity index is 2.12. The molecule has 0 atom stereocenters. The molecule has 106 valence electrons. The summed E-state index contributed by atoms with van der Waals surface area (Å²) in [5.74, 6) is 0. The van der Waals surface area contributed by atoms with Crippen molar-refractivity contribution in [1.82, 2.24) is 9.97 Å². The first kappa shape index (κ1) is 13.6. The average molecular weight is 278 g/mol. The number of carbonyl (C=O) groups excluding carboxylic acids is 1. The number of aldehydes is 1. The lowest BCUT2D eigenvalue weighted by atomic mass is 10.0. The molecular weight excluding hydrogens is 260 g/mol. The molecule has 0 aliphatic rings. The van der Waals surface area contributed by atoms with Crippen molar-refractivity contribution in [1.29, 1.82) is 0 Å². The first-order valence-corrected chi connectivity index (χ1v) is 7.33. The van der Waals surface area contributed by atoms with Gasteiger partial charge in [-0.3, -0.25) is 9.78 Å². The van der Waals surface area contributed by atoms with E-state index in [2.05, 4.69) is 35.1 Å². The van der Waals surface area contributed by atoms with E-state index in [-0.39, 0.29) is 0 Å². The summed E-state index contributed by atoms with van der Waals surface area (Å²) in [5.41, 5.74) is 4.87. The van der Waals surface area contributed by atoms with Crippen LogP contribution >= 0.6 is 0 Å². The Morgan fingerprint density at radius 3 is 2.71 bits per heavy atom. The zero-order chi connectivity index (χ0) is 14.7. The molecule has 3 rings (SSSR count). The molecule has 0 bridgehead atoms. The van der Waals surface area contributed by atoms with Gasteiger partial charge in [-0.05, 0) is 42.7 Å². The highest BCUT2D eigenvalue weighted by molar-refractivity contribution is 6.04. The van der Waals surface area contributed by atoms with Crippen molar-refractivity contribution in [2.24, 2.45) is 0 Å². The number of carbonyl (C=O) groups is 1. The predicted octanol–water partition coefficient (Wildman–Crippen LogP) is 4.39. The Labute approximate surface area is 124 Å². The van der Waals surface area contributed by atoms with Gasteiger partial charge in [-0.25, -0.2) is 0 Å². The molecule has 0 aliphatic carbocycles. The van der Waals surface area contributed by atoms with Crippen LogP contribution in [0.2, 0.25) is 0 Å². The highest BCUT2D eigenvalue weighted by Crippen LogP contribution is 2.29. The molecule has 1 N–H and O–H groups in total. The average Bonchev–Trinajstić information content (AvgIpc) is 2.91. The number of hydrogen-bond donors (Lipinski definition) is 1. The van der Waals surface area contributed by atoms with Gasteiger partial charge in [0.25, 0.3) is 0 Å². The summed E-state index contributed by atoms with van der Waals surface area (Å²) in [7, 11) is 0.